The Morgan fingerprint density at radius 1 is 1.00 bits per heavy atom. The Morgan fingerprint density at radius 2 is 1.78 bits per heavy atom. The molecular formula is C29H24N2O4S. The SMILES string of the molecule is COc1ccc([C@@H]2C3=C(N=c4s/c(=C\c5ccc(O)cc5)c(=O)n42)c2ccccc2CC3)cc1OC. The minimum absolute atomic E-state index is 0.0861. The Hall–Kier alpha value is -4.10. The van der Waals surface area contributed by atoms with Gasteiger partial charge in [0.15, 0.2) is 16.3 Å². The van der Waals surface area contributed by atoms with Crippen molar-refractivity contribution in [2.45, 2.75) is 18.9 Å². The highest BCUT2D eigenvalue weighted by atomic mass is 32.1. The van der Waals surface area contributed by atoms with Crippen LogP contribution in [0.5, 0.6) is 17.2 Å². The van der Waals surface area contributed by atoms with Crippen LogP contribution in [0.3, 0.4) is 0 Å². The van der Waals surface area contributed by atoms with Gasteiger partial charge in [-0.25, -0.2) is 4.99 Å². The number of methoxy groups -OCH3 is 2. The summed E-state index contributed by atoms with van der Waals surface area (Å²) in [6, 6.07) is 20.7. The third-order valence-electron chi connectivity index (χ3n) is 6.79. The molecule has 2 aliphatic rings. The zero-order chi connectivity index (χ0) is 24.8. The van der Waals surface area contributed by atoms with Crippen LogP contribution in [0.4, 0.5) is 0 Å². The lowest BCUT2D eigenvalue weighted by Crippen LogP contribution is -2.38. The van der Waals surface area contributed by atoms with Crippen LogP contribution < -0.4 is 24.4 Å². The highest BCUT2D eigenvalue weighted by Gasteiger charge is 2.33. The van der Waals surface area contributed by atoms with Crippen molar-refractivity contribution in [3.63, 3.8) is 0 Å². The summed E-state index contributed by atoms with van der Waals surface area (Å²) in [7, 11) is 3.23. The van der Waals surface area contributed by atoms with Gasteiger partial charge in [-0.3, -0.25) is 9.36 Å². The molecule has 7 heteroatoms. The van der Waals surface area contributed by atoms with E-state index < -0.39 is 0 Å². The molecule has 0 saturated heterocycles. The molecule has 0 fully saturated rings. The average molecular weight is 497 g/mol. The summed E-state index contributed by atoms with van der Waals surface area (Å²) in [4.78, 5) is 19.5. The molecule has 1 aliphatic heterocycles. The first-order chi connectivity index (χ1) is 17.6. The quantitative estimate of drug-likeness (QED) is 0.463. The summed E-state index contributed by atoms with van der Waals surface area (Å²) < 4.78 is 13.5. The van der Waals surface area contributed by atoms with E-state index in [0.717, 1.165) is 40.8 Å². The van der Waals surface area contributed by atoms with E-state index >= 15 is 0 Å². The third-order valence-corrected chi connectivity index (χ3v) is 7.77. The summed E-state index contributed by atoms with van der Waals surface area (Å²) in [6.45, 7) is 0. The number of benzene rings is 3. The highest BCUT2D eigenvalue weighted by molar-refractivity contribution is 7.07. The Labute approximate surface area is 211 Å². The maximum atomic E-state index is 13.8. The van der Waals surface area contributed by atoms with Crippen molar-refractivity contribution < 1.29 is 14.6 Å². The molecule has 2 heterocycles. The van der Waals surface area contributed by atoms with E-state index in [4.69, 9.17) is 14.5 Å². The van der Waals surface area contributed by atoms with E-state index in [9.17, 15) is 9.90 Å². The largest absolute Gasteiger partial charge is 0.508 e. The molecule has 36 heavy (non-hydrogen) atoms. The first-order valence-electron chi connectivity index (χ1n) is 11.7. The second kappa shape index (κ2) is 8.84. The molecule has 3 aromatic carbocycles. The third kappa shape index (κ3) is 3.63. The molecule has 0 saturated carbocycles. The van der Waals surface area contributed by atoms with Crippen molar-refractivity contribution in [3.05, 3.63) is 114 Å². The highest BCUT2D eigenvalue weighted by Crippen LogP contribution is 2.42. The second-order valence-electron chi connectivity index (χ2n) is 8.82. The minimum atomic E-state index is -0.300. The lowest BCUT2D eigenvalue weighted by molar-refractivity contribution is 0.354. The van der Waals surface area contributed by atoms with E-state index in [1.165, 1.54) is 16.9 Å². The summed E-state index contributed by atoms with van der Waals surface area (Å²) >= 11 is 1.38. The average Bonchev–Trinajstić information content (AvgIpc) is 3.22. The van der Waals surface area contributed by atoms with Crippen molar-refractivity contribution in [2.75, 3.05) is 14.2 Å². The molecule has 0 spiro atoms. The van der Waals surface area contributed by atoms with Crippen LogP contribution >= 0.6 is 11.3 Å². The molecular weight excluding hydrogens is 472 g/mol. The van der Waals surface area contributed by atoms with Crippen LogP contribution in [0.15, 0.2) is 82.1 Å². The number of rotatable bonds is 4. The van der Waals surface area contributed by atoms with Gasteiger partial charge >= 0.3 is 0 Å². The zero-order valence-electron chi connectivity index (χ0n) is 19.9. The molecule has 0 amide bonds. The molecule has 0 unspecified atom stereocenters. The predicted molar refractivity (Wildman–Crippen MR) is 140 cm³/mol. The van der Waals surface area contributed by atoms with E-state index in [1.807, 2.05) is 34.9 Å². The first-order valence-corrected chi connectivity index (χ1v) is 12.5. The van der Waals surface area contributed by atoms with Crippen molar-refractivity contribution >= 4 is 23.1 Å². The number of aryl methyl sites for hydroxylation is 1. The number of thiazole rings is 1. The molecule has 6 rings (SSSR count). The number of aromatic nitrogens is 1. The fourth-order valence-electron chi connectivity index (χ4n) is 5.07. The molecule has 4 aromatic rings. The molecule has 1 N–H and O–H groups in total. The summed E-state index contributed by atoms with van der Waals surface area (Å²) in [6.07, 6.45) is 3.56. The summed E-state index contributed by atoms with van der Waals surface area (Å²) in [5, 5.41) is 9.63. The normalized spacial score (nSPS) is 16.6. The van der Waals surface area contributed by atoms with Gasteiger partial charge in [-0.2, -0.15) is 0 Å². The zero-order valence-corrected chi connectivity index (χ0v) is 20.7. The van der Waals surface area contributed by atoms with E-state index in [0.29, 0.717) is 20.8 Å². The second-order valence-corrected chi connectivity index (χ2v) is 9.83. The van der Waals surface area contributed by atoms with Gasteiger partial charge in [0.05, 0.1) is 30.5 Å². The van der Waals surface area contributed by atoms with Crippen molar-refractivity contribution in [1.82, 2.24) is 4.57 Å². The smallest absolute Gasteiger partial charge is 0.271 e. The minimum Gasteiger partial charge on any atom is -0.508 e. The van der Waals surface area contributed by atoms with Gasteiger partial charge in [0.2, 0.25) is 0 Å². The standard InChI is InChI=1S/C29H24N2O4S/c1-34-23-14-10-19(16-24(23)35-2)27-22-13-9-18-5-3-4-6-21(18)26(22)30-29-31(27)28(33)25(36-29)15-17-7-11-20(32)12-8-17/h3-8,10-12,14-16,27,32H,9,13H2,1-2H3/b25-15-/t27-/m1/s1. The first kappa shape index (κ1) is 22.4. The van der Waals surface area contributed by atoms with Gasteiger partial charge < -0.3 is 14.6 Å². The fourth-order valence-corrected chi connectivity index (χ4v) is 6.07. The number of hydrogen-bond acceptors (Lipinski definition) is 6. The number of fused-ring (bicyclic) bond motifs is 3. The number of phenolic OH excluding ortho intramolecular Hbond substituents is 1. The predicted octanol–water partition coefficient (Wildman–Crippen LogP) is 4.04. The van der Waals surface area contributed by atoms with E-state index in [1.54, 1.807) is 38.5 Å². The van der Waals surface area contributed by atoms with Gasteiger partial charge in [-0.05, 0) is 65.4 Å². The van der Waals surface area contributed by atoms with Crippen LogP contribution in [0.1, 0.15) is 34.7 Å². The molecule has 1 aliphatic carbocycles. The van der Waals surface area contributed by atoms with Gasteiger partial charge in [-0.1, -0.05) is 53.8 Å². The monoisotopic (exact) mass is 496 g/mol. The van der Waals surface area contributed by atoms with Crippen LogP contribution in [-0.4, -0.2) is 23.9 Å². The van der Waals surface area contributed by atoms with Crippen molar-refractivity contribution in [1.29, 1.82) is 0 Å². The maximum Gasteiger partial charge on any atom is 0.271 e. The maximum absolute atomic E-state index is 13.8. The number of ether oxygens (including phenoxy) is 2. The number of nitrogens with zero attached hydrogens (tertiary/aromatic N) is 2. The molecule has 6 nitrogen and oxygen atoms in total. The van der Waals surface area contributed by atoms with Crippen LogP contribution in [0.25, 0.3) is 11.8 Å². The van der Waals surface area contributed by atoms with Gasteiger partial charge in [0, 0.05) is 5.56 Å². The van der Waals surface area contributed by atoms with Gasteiger partial charge in [0.25, 0.3) is 5.56 Å². The summed E-state index contributed by atoms with van der Waals surface area (Å²) in [5.41, 5.74) is 6.19. The van der Waals surface area contributed by atoms with E-state index in [2.05, 4.69) is 18.2 Å². The molecule has 0 bridgehead atoms. The Bertz CT molecular complexity index is 1700. The van der Waals surface area contributed by atoms with Gasteiger partial charge in [-0.15, -0.1) is 0 Å². The van der Waals surface area contributed by atoms with Crippen LogP contribution in [-0.2, 0) is 6.42 Å². The summed E-state index contributed by atoms with van der Waals surface area (Å²) in [5.74, 6) is 1.45. The number of phenols is 1. The number of hydrogen-bond donors (Lipinski definition) is 1. The Morgan fingerprint density at radius 3 is 2.56 bits per heavy atom. The van der Waals surface area contributed by atoms with Crippen molar-refractivity contribution in [3.8, 4) is 17.2 Å². The molecule has 1 atom stereocenters. The fraction of sp³-hybridized carbons (Fsp3) is 0.172. The Kier molecular flexibility index (Phi) is 5.49. The molecule has 180 valence electrons. The molecule has 0 radical (unpaired) electrons. The van der Waals surface area contributed by atoms with Crippen LogP contribution in [0, 0.1) is 0 Å². The van der Waals surface area contributed by atoms with E-state index in [-0.39, 0.29) is 17.4 Å². The number of allylic oxidation sites excluding steroid dienone is 1. The lowest BCUT2D eigenvalue weighted by Gasteiger charge is -2.31. The lowest BCUT2D eigenvalue weighted by atomic mass is 9.83. The number of aromatic hydroxyl groups is 1. The topological polar surface area (TPSA) is 73.0 Å². The van der Waals surface area contributed by atoms with Crippen molar-refractivity contribution in [2.24, 2.45) is 4.99 Å². The van der Waals surface area contributed by atoms with Gasteiger partial charge in [0.1, 0.15) is 5.75 Å². The molecule has 1 aromatic heterocycles. The Balaban J connectivity index is 1.62. The van der Waals surface area contributed by atoms with Crippen LogP contribution in [0.2, 0.25) is 0 Å².